The van der Waals surface area contributed by atoms with Crippen LogP contribution < -0.4 is 11.3 Å². The lowest BCUT2D eigenvalue weighted by Gasteiger charge is -2.28. The third-order valence-electron chi connectivity index (χ3n) is 5.96. The first kappa shape index (κ1) is 21.8. The molecule has 1 fully saturated rings. The Morgan fingerprint density at radius 2 is 1.68 bits per heavy atom. The second-order valence-corrected chi connectivity index (χ2v) is 8.75. The number of amides is 1. The first-order valence-electron chi connectivity index (χ1n) is 10.5. The Bertz CT molecular complexity index is 1070. The van der Waals surface area contributed by atoms with E-state index in [4.69, 9.17) is 29.0 Å². The average molecular weight is 455 g/mol. The number of hydrazine groups is 1. The summed E-state index contributed by atoms with van der Waals surface area (Å²) in [4.78, 5) is 12.8. The number of nitrogens with zero attached hydrogens (tertiary/aromatic N) is 2. The lowest BCUT2D eigenvalue weighted by Crippen LogP contribution is -2.38. The highest BCUT2D eigenvalue weighted by Crippen LogP contribution is 2.39. The number of nitrogens with two attached hydrogens (primary N) is 1. The summed E-state index contributed by atoms with van der Waals surface area (Å²) < 4.78 is 0. The van der Waals surface area contributed by atoms with Gasteiger partial charge in [-0.25, -0.2) is 5.84 Å². The van der Waals surface area contributed by atoms with E-state index in [0.29, 0.717) is 21.4 Å². The molecule has 1 atom stereocenters. The number of rotatable bonds is 5. The summed E-state index contributed by atoms with van der Waals surface area (Å²) in [6.45, 7) is 0. The van der Waals surface area contributed by atoms with Gasteiger partial charge in [-0.15, -0.1) is 5.10 Å². The molecule has 31 heavy (non-hydrogen) atoms. The van der Waals surface area contributed by atoms with Crippen LogP contribution in [0.2, 0.25) is 10.0 Å². The first-order chi connectivity index (χ1) is 15.1. The van der Waals surface area contributed by atoms with E-state index in [-0.39, 0.29) is 11.8 Å². The number of halogens is 2. The largest absolute Gasteiger partial charge is 0.294 e. The molecule has 3 N–H and O–H groups in total. The van der Waals surface area contributed by atoms with Crippen LogP contribution in [0.25, 0.3) is 22.4 Å². The zero-order chi connectivity index (χ0) is 21.8. The first-order valence-corrected chi connectivity index (χ1v) is 11.2. The van der Waals surface area contributed by atoms with Crippen molar-refractivity contribution < 1.29 is 4.79 Å². The van der Waals surface area contributed by atoms with Crippen molar-refractivity contribution in [1.29, 1.82) is 0 Å². The van der Waals surface area contributed by atoms with Crippen LogP contribution in [0.4, 0.5) is 0 Å². The highest BCUT2D eigenvalue weighted by Gasteiger charge is 2.33. The molecule has 0 aliphatic heterocycles. The van der Waals surface area contributed by atoms with E-state index in [1.54, 1.807) is 0 Å². The van der Waals surface area contributed by atoms with E-state index in [9.17, 15) is 4.79 Å². The molecule has 1 saturated carbocycles. The van der Waals surface area contributed by atoms with Gasteiger partial charge in [-0.05, 0) is 48.6 Å². The number of carbonyl (C=O) groups is 1. The molecule has 0 radical (unpaired) electrons. The minimum atomic E-state index is -0.441. The quantitative estimate of drug-likeness (QED) is 0.291. The second kappa shape index (κ2) is 9.77. The smallest absolute Gasteiger partial charge is 0.243 e. The molecule has 0 saturated heterocycles. The van der Waals surface area contributed by atoms with Gasteiger partial charge in [0.1, 0.15) is 5.69 Å². The van der Waals surface area contributed by atoms with E-state index in [2.05, 4.69) is 15.6 Å². The molecule has 0 spiro atoms. The van der Waals surface area contributed by atoms with Crippen molar-refractivity contribution in [2.45, 2.75) is 38.0 Å². The van der Waals surface area contributed by atoms with Crippen molar-refractivity contribution in [2.24, 2.45) is 11.8 Å². The molecule has 160 valence electrons. The molecule has 1 aliphatic rings. The molecular weight excluding hydrogens is 431 g/mol. The van der Waals surface area contributed by atoms with Gasteiger partial charge >= 0.3 is 0 Å². The van der Waals surface area contributed by atoms with Crippen LogP contribution in [0.5, 0.6) is 0 Å². The minimum Gasteiger partial charge on any atom is -0.294 e. The van der Waals surface area contributed by atoms with Gasteiger partial charge in [-0.1, -0.05) is 72.8 Å². The highest BCUT2D eigenvalue weighted by atomic mass is 35.5. The van der Waals surface area contributed by atoms with Gasteiger partial charge in [-0.3, -0.25) is 10.2 Å². The van der Waals surface area contributed by atoms with Crippen LogP contribution >= 0.6 is 23.2 Å². The molecule has 5 nitrogen and oxygen atoms in total. The molecule has 4 rings (SSSR count). The predicted molar refractivity (Wildman–Crippen MR) is 125 cm³/mol. The van der Waals surface area contributed by atoms with Crippen LogP contribution in [0.3, 0.4) is 0 Å². The number of hydrogen-bond donors (Lipinski definition) is 2. The fourth-order valence-corrected chi connectivity index (χ4v) is 4.76. The summed E-state index contributed by atoms with van der Waals surface area (Å²) in [5, 5.41) is 10.3. The molecule has 1 amide bonds. The lowest BCUT2D eigenvalue weighted by molar-refractivity contribution is -0.124. The lowest BCUT2D eigenvalue weighted by atomic mass is 9.77. The van der Waals surface area contributed by atoms with Crippen LogP contribution in [0.1, 0.15) is 43.7 Å². The monoisotopic (exact) mass is 454 g/mol. The fourth-order valence-electron chi connectivity index (χ4n) is 4.41. The Hall–Kier alpha value is -2.47. The standard InChI is InChI=1S/C24H24Cl2N4O/c25-17-12-10-15(11-13-17)19-14-21(22(24(31)28-27)16-6-2-1-3-7-16)29-30-23(19)18-8-4-5-9-20(18)26/h4-5,8-14,16,22H,1-3,6-7,27H2,(H,28,31). The Labute approximate surface area is 191 Å². The SMILES string of the molecule is NNC(=O)C(c1cc(-c2ccc(Cl)cc2)c(-c2ccccc2Cl)nn1)C1CCCCC1. The third kappa shape index (κ3) is 4.74. The molecule has 1 aromatic heterocycles. The van der Waals surface area contributed by atoms with Crippen LogP contribution in [-0.2, 0) is 4.79 Å². The average Bonchev–Trinajstić information content (AvgIpc) is 2.81. The summed E-state index contributed by atoms with van der Waals surface area (Å²) in [6.07, 6.45) is 5.35. The number of carbonyl (C=O) groups excluding carboxylic acids is 1. The second-order valence-electron chi connectivity index (χ2n) is 7.90. The maximum absolute atomic E-state index is 12.8. The fraction of sp³-hybridized carbons (Fsp3) is 0.292. The van der Waals surface area contributed by atoms with Gasteiger partial charge in [0.05, 0.1) is 16.6 Å². The zero-order valence-corrected chi connectivity index (χ0v) is 18.5. The highest BCUT2D eigenvalue weighted by molar-refractivity contribution is 6.33. The molecule has 1 unspecified atom stereocenters. The molecular formula is C24H24Cl2N4O. The van der Waals surface area contributed by atoms with Gasteiger partial charge in [0, 0.05) is 16.1 Å². The maximum Gasteiger partial charge on any atom is 0.243 e. The van der Waals surface area contributed by atoms with E-state index in [1.807, 2.05) is 54.6 Å². The Kier molecular flexibility index (Phi) is 6.86. The van der Waals surface area contributed by atoms with Crippen molar-refractivity contribution in [3.8, 4) is 22.4 Å². The van der Waals surface area contributed by atoms with E-state index < -0.39 is 5.92 Å². The summed E-state index contributed by atoms with van der Waals surface area (Å²) >= 11 is 12.6. The number of nitrogens with one attached hydrogen (secondary N) is 1. The van der Waals surface area contributed by atoms with E-state index >= 15 is 0 Å². The van der Waals surface area contributed by atoms with Gasteiger partial charge in [0.25, 0.3) is 0 Å². The summed E-state index contributed by atoms with van der Waals surface area (Å²) in [5.74, 6) is 5.07. The van der Waals surface area contributed by atoms with Gasteiger partial charge in [0.2, 0.25) is 5.91 Å². The summed E-state index contributed by atoms with van der Waals surface area (Å²) in [7, 11) is 0. The normalized spacial score (nSPS) is 15.5. The third-order valence-corrected chi connectivity index (χ3v) is 6.54. The molecule has 7 heteroatoms. The summed E-state index contributed by atoms with van der Waals surface area (Å²) in [6, 6.07) is 17.0. The summed E-state index contributed by atoms with van der Waals surface area (Å²) in [5.41, 5.74) is 6.17. The molecule has 2 aromatic carbocycles. The van der Waals surface area contributed by atoms with Crippen molar-refractivity contribution in [1.82, 2.24) is 15.6 Å². The number of hydrogen-bond acceptors (Lipinski definition) is 4. The van der Waals surface area contributed by atoms with Gasteiger partial charge < -0.3 is 0 Å². The Balaban J connectivity index is 1.86. The number of benzene rings is 2. The van der Waals surface area contributed by atoms with Gasteiger partial charge in [0.15, 0.2) is 0 Å². The topological polar surface area (TPSA) is 80.9 Å². The minimum absolute atomic E-state index is 0.191. The van der Waals surface area contributed by atoms with Crippen LogP contribution in [-0.4, -0.2) is 16.1 Å². The van der Waals surface area contributed by atoms with E-state index in [0.717, 1.165) is 42.4 Å². The van der Waals surface area contributed by atoms with Crippen molar-refractivity contribution in [3.05, 3.63) is 70.3 Å². The Morgan fingerprint density at radius 1 is 0.968 bits per heavy atom. The maximum atomic E-state index is 12.8. The Morgan fingerprint density at radius 3 is 2.35 bits per heavy atom. The van der Waals surface area contributed by atoms with Crippen LogP contribution in [0, 0.1) is 5.92 Å². The van der Waals surface area contributed by atoms with Crippen molar-refractivity contribution >= 4 is 29.1 Å². The predicted octanol–water partition coefficient (Wildman–Crippen LogP) is 5.77. The molecule has 3 aromatic rings. The van der Waals surface area contributed by atoms with Gasteiger partial charge in [-0.2, -0.15) is 5.10 Å². The molecule has 1 heterocycles. The van der Waals surface area contributed by atoms with Crippen molar-refractivity contribution in [2.75, 3.05) is 0 Å². The van der Waals surface area contributed by atoms with Crippen LogP contribution in [0.15, 0.2) is 54.6 Å². The molecule has 1 aliphatic carbocycles. The van der Waals surface area contributed by atoms with Crippen molar-refractivity contribution in [3.63, 3.8) is 0 Å². The zero-order valence-electron chi connectivity index (χ0n) is 17.0. The number of aromatic nitrogens is 2. The molecule has 0 bridgehead atoms. The van der Waals surface area contributed by atoms with E-state index in [1.165, 1.54) is 6.42 Å².